The van der Waals surface area contributed by atoms with Crippen molar-refractivity contribution in [3.05, 3.63) is 23.8 Å². The first kappa shape index (κ1) is 14.2. The topological polar surface area (TPSA) is 33.7 Å². The van der Waals surface area contributed by atoms with Crippen LogP contribution in [-0.4, -0.2) is 45.3 Å². The predicted octanol–water partition coefficient (Wildman–Crippen LogP) is 1.89. The highest BCUT2D eigenvalue weighted by Crippen LogP contribution is 2.26. The van der Waals surface area contributed by atoms with Gasteiger partial charge in [-0.2, -0.15) is 0 Å². The summed E-state index contributed by atoms with van der Waals surface area (Å²) in [6, 6.07) is 6.63. The normalized spacial score (nSPS) is 16.6. The van der Waals surface area contributed by atoms with Gasteiger partial charge in [-0.05, 0) is 51.2 Å². The minimum Gasteiger partial charge on any atom is -0.497 e. The number of ether oxygens (including phenoxy) is 2. The van der Waals surface area contributed by atoms with Crippen LogP contribution in [-0.2, 0) is 6.54 Å². The maximum absolute atomic E-state index is 5.44. The van der Waals surface area contributed by atoms with E-state index in [1.165, 1.54) is 18.4 Å². The molecule has 106 valence electrons. The maximum atomic E-state index is 5.44. The molecule has 4 heteroatoms. The smallest absolute Gasteiger partial charge is 0.123 e. The lowest BCUT2D eigenvalue weighted by molar-refractivity contribution is 0.189. The first-order valence-corrected chi connectivity index (χ1v) is 6.86. The molecule has 0 amide bonds. The summed E-state index contributed by atoms with van der Waals surface area (Å²) in [6.07, 6.45) is 2.42. The van der Waals surface area contributed by atoms with Crippen molar-refractivity contribution in [1.82, 2.24) is 10.2 Å². The van der Waals surface area contributed by atoms with Crippen molar-refractivity contribution in [2.75, 3.05) is 34.4 Å². The van der Waals surface area contributed by atoms with Gasteiger partial charge in [-0.1, -0.05) is 0 Å². The zero-order valence-electron chi connectivity index (χ0n) is 12.1. The molecule has 0 radical (unpaired) electrons. The van der Waals surface area contributed by atoms with Gasteiger partial charge >= 0.3 is 0 Å². The molecule has 1 fully saturated rings. The molecular formula is C15H24N2O2. The molecule has 0 unspecified atom stereocenters. The second-order valence-electron chi connectivity index (χ2n) is 5.07. The van der Waals surface area contributed by atoms with E-state index in [4.69, 9.17) is 9.47 Å². The van der Waals surface area contributed by atoms with Gasteiger partial charge in [0, 0.05) is 18.2 Å². The van der Waals surface area contributed by atoms with E-state index in [-0.39, 0.29) is 0 Å². The molecule has 1 saturated heterocycles. The third-order valence-corrected chi connectivity index (χ3v) is 3.84. The molecule has 19 heavy (non-hydrogen) atoms. The first-order chi connectivity index (χ1) is 9.24. The molecule has 1 N–H and O–H groups in total. The molecular weight excluding hydrogens is 240 g/mol. The molecule has 0 bridgehead atoms. The Kier molecular flexibility index (Phi) is 5.05. The number of nitrogens with one attached hydrogen (secondary N) is 1. The minimum absolute atomic E-state index is 0.650. The van der Waals surface area contributed by atoms with E-state index in [2.05, 4.69) is 23.3 Å². The fourth-order valence-corrected chi connectivity index (χ4v) is 2.65. The number of hydrogen-bond acceptors (Lipinski definition) is 4. The summed E-state index contributed by atoms with van der Waals surface area (Å²) in [7, 11) is 5.60. The lowest BCUT2D eigenvalue weighted by Gasteiger charge is -2.32. The van der Waals surface area contributed by atoms with E-state index in [1.807, 2.05) is 12.1 Å². The maximum Gasteiger partial charge on any atom is 0.123 e. The Bertz CT molecular complexity index is 403. The quantitative estimate of drug-likeness (QED) is 0.880. The molecule has 1 aliphatic rings. The van der Waals surface area contributed by atoms with E-state index >= 15 is 0 Å². The second-order valence-corrected chi connectivity index (χ2v) is 5.07. The summed E-state index contributed by atoms with van der Waals surface area (Å²) in [5.41, 5.74) is 1.18. The molecule has 1 aromatic carbocycles. The van der Waals surface area contributed by atoms with E-state index in [1.54, 1.807) is 14.2 Å². The van der Waals surface area contributed by atoms with E-state index in [0.29, 0.717) is 6.04 Å². The summed E-state index contributed by atoms with van der Waals surface area (Å²) in [4.78, 5) is 2.41. The van der Waals surface area contributed by atoms with Crippen molar-refractivity contribution < 1.29 is 9.47 Å². The predicted molar refractivity (Wildman–Crippen MR) is 76.9 cm³/mol. The average molecular weight is 264 g/mol. The van der Waals surface area contributed by atoms with Crippen molar-refractivity contribution in [3.8, 4) is 11.5 Å². The van der Waals surface area contributed by atoms with Crippen LogP contribution >= 0.6 is 0 Å². The summed E-state index contributed by atoms with van der Waals surface area (Å²) >= 11 is 0. The largest absolute Gasteiger partial charge is 0.497 e. The third kappa shape index (κ3) is 3.61. The zero-order valence-corrected chi connectivity index (χ0v) is 12.1. The van der Waals surface area contributed by atoms with Crippen molar-refractivity contribution >= 4 is 0 Å². The Morgan fingerprint density at radius 2 is 1.95 bits per heavy atom. The van der Waals surface area contributed by atoms with Crippen LogP contribution in [0.4, 0.5) is 0 Å². The highest BCUT2D eigenvalue weighted by atomic mass is 16.5. The summed E-state index contributed by atoms with van der Waals surface area (Å²) in [5, 5.41) is 3.40. The zero-order chi connectivity index (χ0) is 13.7. The van der Waals surface area contributed by atoms with Crippen LogP contribution in [0.3, 0.4) is 0 Å². The Labute approximate surface area is 115 Å². The Balaban J connectivity index is 2.07. The van der Waals surface area contributed by atoms with Gasteiger partial charge in [0.15, 0.2) is 0 Å². The van der Waals surface area contributed by atoms with Gasteiger partial charge in [0.25, 0.3) is 0 Å². The summed E-state index contributed by atoms with van der Waals surface area (Å²) in [6.45, 7) is 3.12. The van der Waals surface area contributed by atoms with E-state index in [9.17, 15) is 0 Å². The van der Waals surface area contributed by atoms with Gasteiger partial charge < -0.3 is 14.8 Å². The van der Waals surface area contributed by atoms with Gasteiger partial charge in [0.05, 0.1) is 14.2 Å². The molecule has 0 aromatic heterocycles. The van der Waals surface area contributed by atoms with Crippen LogP contribution in [0, 0.1) is 0 Å². The van der Waals surface area contributed by atoms with Crippen molar-refractivity contribution in [2.45, 2.75) is 25.4 Å². The average Bonchev–Trinajstić information content (AvgIpc) is 2.48. The molecule has 4 nitrogen and oxygen atoms in total. The minimum atomic E-state index is 0.650. The number of piperidine rings is 1. The van der Waals surface area contributed by atoms with Gasteiger partial charge in [0.1, 0.15) is 11.5 Å². The lowest BCUT2D eigenvalue weighted by atomic mass is 10.0. The van der Waals surface area contributed by atoms with Crippen molar-refractivity contribution in [1.29, 1.82) is 0 Å². The fraction of sp³-hybridized carbons (Fsp3) is 0.600. The van der Waals surface area contributed by atoms with E-state index in [0.717, 1.165) is 31.1 Å². The van der Waals surface area contributed by atoms with Gasteiger partial charge in [-0.3, -0.25) is 4.90 Å². The van der Waals surface area contributed by atoms with Crippen molar-refractivity contribution in [2.24, 2.45) is 0 Å². The van der Waals surface area contributed by atoms with Crippen LogP contribution < -0.4 is 14.8 Å². The SMILES string of the molecule is COc1ccc(OC)c(CN(C)C2CCNCC2)c1. The fourth-order valence-electron chi connectivity index (χ4n) is 2.65. The molecule has 1 heterocycles. The van der Waals surface area contributed by atoms with Gasteiger partial charge in [-0.15, -0.1) is 0 Å². The van der Waals surface area contributed by atoms with Crippen LogP contribution in [0.1, 0.15) is 18.4 Å². The van der Waals surface area contributed by atoms with Crippen LogP contribution in [0.2, 0.25) is 0 Å². The molecule has 2 rings (SSSR count). The number of rotatable bonds is 5. The third-order valence-electron chi connectivity index (χ3n) is 3.84. The Morgan fingerprint density at radius 1 is 1.21 bits per heavy atom. The lowest BCUT2D eigenvalue weighted by Crippen LogP contribution is -2.40. The highest BCUT2D eigenvalue weighted by molar-refractivity contribution is 5.40. The molecule has 0 saturated carbocycles. The first-order valence-electron chi connectivity index (χ1n) is 6.86. The monoisotopic (exact) mass is 264 g/mol. The highest BCUT2D eigenvalue weighted by Gasteiger charge is 2.19. The van der Waals surface area contributed by atoms with Crippen LogP contribution in [0.15, 0.2) is 18.2 Å². The van der Waals surface area contributed by atoms with Crippen LogP contribution in [0.5, 0.6) is 11.5 Å². The molecule has 0 spiro atoms. The number of benzene rings is 1. The standard InChI is InChI=1S/C15H24N2O2/c1-17(13-6-8-16-9-7-13)11-12-10-14(18-2)4-5-15(12)19-3/h4-5,10,13,16H,6-9,11H2,1-3H3. The van der Waals surface area contributed by atoms with Crippen molar-refractivity contribution in [3.63, 3.8) is 0 Å². The van der Waals surface area contributed by atoms with Gasteiger partial charge in [0.2, 0.25) is 0 Å². The molecule has 1 aliphatic heterocycles. The summed E-state index contributed by atoms with van der Waals surface area (Å²) < 4.78 is 10.7. The van der Waals surface area contributed by atoms with Crippen LogP contribution in [0.25, 0.3) is 0 Å². The Hall–Kier alpha value is -1.26. The van der Waals surface area contributed by atoms with Gasteiger partial charge in [-0.25, -0.2) is 0 Å². The number of methoxy groups -OCH3 is 2. The molecule has 1 aromatic rings. The number of nitrogens with zero attached hydrogens (tertiary/aromatic N) is 1. The Morgan fingerprint density at radius 3 is 2.58 bits per heavy atom. The molecule has 0 aliphatic carbocycles. The molecule has 0 atom stereocenters. The second kappa shape index (κ2) is 6.78. The number of hydrogen-bond donors (Lipinski definition) is 1. The summed E-state index contributed by atoms with van der Waals surface area (Å²) in [5.74, 6) is 1.82. The van der Waals surface area contributed by atoms with E-state index < -0.39 is 0 Å².